The van der Waals surface area contributed by atoms with E-state index >= 15 is 0 Å². The zero-order valence-corrected chi connectivity index (χ0v) is 21.1. The second-order valence-electron chi connectivity index (χ2n) is 8.43. The number of morpholine rings is 1. The summed E-state index contributed by atoms with van der Waals surface area (Å²) in [5, 5.41) is 15.2. The fraction of sp³-hybridized carbons (Fsp3) is 0.850. The largest absolute Gasteiger partial charge is 0.376 e. The van der Waals surface area contributed by atoms with Gasteiger partial charge in [0.1, 0.15) is 12.4 Å². The zero-order chi connectivity index (χ0) is 20.6. The molecule has 2 fully saturated rings. The van der Waals surface area contributed by atoms with Crippen LogP contribution in [0.15, 0.2) is 4.99 Å². The van der Waals surface area contributed by atoms with Gasteiger partial charge in [-0.15, -0.1) is 34.2 Å². The summed E-state index contributed by atoms with van der Waals surface area (Å²) in [5.74, 6) is 3.17. The summed E-state index contributed by atoms with van der Waals surface area (Å²) in [6.45, 7) is 13.1. The van der Waals surface area contributed by atoms with Crippen LogP contribution in [0.3, 0.4) is 0 Å². The molecule has 1 aromatic rings. The third-order valence-corrected chi connectivity index (χ3v) is 5.43. The Kier molecular flexibility index (Phi) is 10.8. The van der Waals surface area contributed by atoms with E-state index in [1.54, 1.807) is 0 Å². The van der Waals surface area contributed by atoms with Crippen molar-refractivity contribution >= 4 is 29.9 Å². The second-order valence-corrected chi connectivity index (χ2v) is 8.43. The first-order valence-electron chi connectivity index (χ1n) is 10.8. The van der Waals surface area contributed by atoms with Crippen LogP contribution >= 0.6 is 24.0 Å². The molecule has 2 aliphatic heterocycles. The van der Waals surface area contributed by atoms with Gasteiger partial charge in [0, 0.05) is 46.4 Å². The maximum absolute atomic E-state index is 5.97. The van der Waals surface area contributed by atoms with Gasteiger partial charge in [0.15, 0.2) is 11.8 Å². The van der Waals surface area contributed by atoms with E-state index in [9.17, 15) is 0 Å². The number of halogens is 1. The molecule has 3 heterocycles. The summed E-state index contributed by atoms with van der Waals surface area (Å²) in [6, 6.07) is 0. The van der Waals surface area contributed by atoms with Crippen molar-refractivity contribution in [1.29, 1.82) is 0 Å². The van der Waals surface area contributed by atoms with E-state index in [1.165, 1.54) is 0 Å². The van der Waals surface area contributed by atoms with Gasteiger partial charge >= 0.3 is 0 Å². The molecule has 0 bridgehead atoms. The molecule has 30 heavy (non-hydrogen) atoms. The Morgan fingerprint density at radius 2 is 1.90 bits per heavy atom. The van der Waals surface area contributed by atoms with E-state index in [0.717, 1.165) is 76.4 Å². The van der Waals surface area contributed by atoms with Gasteiger partial charge in [-0.05, 0) is 25.7 Å². The predicted octanol–water partition coefficient (Wildman–Crippen LogP) is 1.31. The Labute approximate surface area is 197 Å². The third kappa shape index (κ3) is 7.93. The molecule has 172 valence electrons. The number of rotatable bonds is 8. The van der Waals surface area contributed by atoms with Crippen molar-refractivity contribution in [3.63, 3.8) is 0 Å². The molecule has 10 heteroatoms. The van der Waals surface area contributed by atoms with Crippen LogP contribution in [-0.4, -0.2) is 83.8 Å². The summed E-state index contributed by atoms with van der Waals surface area (Å²) < 4.78 is 13.7. The van der Waals surface area contributed by atoms with Crippen LogP contribution < -0.4 is 10.6 Å². The van der Waals surface area contributed by atoms with Crippen LogP contribution in [0.2, 0.25) is 0 Å². The molecular formula is C20H38IN7O2. The number of ether oxygens (including phenoxy) is 2. The highest BCUT2D eigenvalue weighted by Crippen LogP contribution is 2.11. The second kappa shape index (κ2) is 12.8. The van der Waals surface area contributed by atoms with Gasteiger partial charge in [0.05, 0.1) is 18.8 Å². The average molecular weight is 535 g/mol. The summed E-state index contributed by atoms with van der Waals surface area (Å²) in [6.07, 6.45) is 2.64. The minimum absolute atomic E-state index is 0. The Morgan fingerprint density at radius 1 is 1.17 bits per heavy atom. The first-order valence-corrected chi connectivity index (χ1v) is 10.8. The highest BCUT2D eigenvalue weighted by Gasteiger charge is 2.22. The van der Waals surface area contributed by atoms with E-state index in [4.69, 9.17) is 14.5 Å². The number of aliphatic imine (C=N–C) groups is 1. The number of guanidine groups is 1. The first kappa shape index (κ1) is 25.3. The van der Waals surface area contributed by atoms with Crippen molar-refractivity contribution in [1.82, 2.24) is 30.3 Å². The van der Waals surface area contributed by atoms with E-state index < -0.39 is 0 Å². The summed E-state index contributed by atoms with van der Waals surface area (Å²) in [5.41, 5.74) is 0. The number of nitrogens with one attached hydrogen (secondary N) is 2. The first-order chi connectivity index (χ1) is 14.0. The van der Waals surface area contributed by atoms with Crippen LogP contribution in [0, 0.1) is 12.8 Å². The fourth-order valence-corrected chi connectivity index (χ4v) is 3.73. The minimum Gasteiger partial charge on any atom is -0.376 e. The van der Waals surface area contributed by atoms with Crippen molar-refractivity contribution < 1.29 is 9.47 Å². The molecule has 0 spiro atoms. The molecule has 0 saturated carbocycles. The Morgan fingerprint density at radius 3 is 2.53 bits per heavy atom. The Hall–Kier alpha value is -0.980. The fourth-order valence-electron chi connectivity index (χ4n) is 3.73. The van der Waals surface area contributed by atoms with Gasteiger partial charge in [0.2, 0.25) is 0 Å². The number of hydrogen-bond acceptors (Lipinski definition) is 6. The van der Waals surface area contributed by atoms with Crippen molar-refractivity contribution in [2.24, 2.45) is 18.0 Å². The normalized spacial score (nSPS) is 22.9. The molecule has 9 nitrogen and oxygen atoms in total. The van der Waals surface area contributed by atoms with Gasteiger partial charge in [0.25, 0.3) is 0 Å². The molecule has 0 radical (unpaired) electrons. The highest BCUT2D eigenvalue weighted by molar-refractivity contribution is 14.0. The number of nitrogens with zero attached hydrogens (tertiary/aromatic N) is 5. The van der Waals surface area contributed by atoms with E-state index in [2.05, 4.69) is 39.6 Å². The smallest absolute Gasteiger partial charge is 0.191 e. The molecule has 0 aromatic carbocycles. The molecule has 2 atom stereocenters. The highest BCUT2D eigenvalue weighted by atomic mass is 127. The van der Waals surface area contributed by atoms with Gasteiger partial charge in [-0.1, -0.05) is 13.8 Å². The number of hydrogen-bond donors (Lipinski definition) is 2. The lowest BCUT2D eigenvalue weighted by molar-refractivity contribution is -0.0284. The number of aromatic nitrogens is 3. The zero-order valence-electron chi connectivity index (χ0n) is 18.8. The van der Waals surface area contributed by atoms with Crippen molar-refractivity contribution in [3.8, 4) is 0 Å². The van der Waals surface area contributed by atoms with Crippen molar-refractivity contribution in [3.05, 3.63) is 11.6 Å². The summed E-state index contributed by atoms with van der Waals surface area (Å²) >= 11 is 0. The molecule has 2 N–H and O–H groups in total. The Bertz CT molecular complexity index is 662. The topological polar surface area (TPSA) is 88.8 Å². The van der Waals surface area contributed by atoms with Crippen molar-refractivity contribution in [2.45, 2.75) is 52.4 Å². The molecule has 3 rings (SSSR count). The molecule has 2 unspecified atom stereocenters. The lowest BCUT2D eigenvalue weighted by atomic mass is 10.2. The Balaban J connectivity index is 0.00000320. The van der Waals surface area contributed by atoms with Crippen LogP contribution in [0.5, 0.6) is 0 Å². The van der Waals surface area contributed by atoms with Gasteiger partial charge < -0.3 is 24.7 Å². The van der Waals surface area contributed by atoms with E-state index in [0.29, 0.717) is 12.5 Å². The third-order valence-electron chi connectivity index (χ3n) is 5.43. The van der Waals surface area contributed by atoms with Crippen LogP contribution in [0.1, 0.15) is 38.3 Å². The van der Waals surface area contributed by atoms with Gasteiger partial charge in [-0.3, -0.25) is 4.90 Å². The predicted molar refractivity (Wildman–Crippen MR) is 128 cm³/mol. The van der Waals surface area contributed by atoms with Crippen LogP contribution in [0.4, 0.5) is 0 Å². The lowest BCUT2D eigenvalue weighted by Crippen LogP contribution is -2.50. The van der Waals surface area contributed by atoms with Crippen molar-refractivity contribution in [2.75, 3.05) is 45.9 Å². The van der Waals surface area contributed by atoms with Crippen LogP contribution in [0.25, 0.3) is 0 Å². The summed E-state index contributed by atoms with van der Waals surface area (Å²) in [7, 11) is 1.96. The molecule has 2 aliphatic rings. The quantitative estimate of drug-likeness (QED) is 0.295. The average Bonchev–Trinajstić information content (AvgIpc) is 3.32. The maximum atomic E-state index is 5.97. The van der Waals surface area contributed by atoms with E-state index in [-0.39, 0.29) is 36.2 Å². The van der Waals surface area contributed by atoms with E-state index in [1.807, 2.05) is 18.5 Å². The standard InChI is InChI=1S/C20H37N7O2.HI/c1-15(2)13-27-7-9-29-18(14-27)11-22-20(21-10-17-6-5-8-28-17)23-12-19-25-24-16(3)26(19)4;/h15,17-18H,5-14H2,1-4H3,(H2,21,22,23);1H. The van der Waals surface area contributed by atoms with Crippen LogP contribution in [-0.2, 0) is 23.1 Å². The number of aryl methyl sites for hydroxylation is 1. The molecule has 2 saturated heterocycles. The van der Waals surface area contributed by atoms with Gasteiger partial charge in [-0.25, -0.2) is 4.99 Å². The minimum atomic E-state index is 0. The van der Waals surface area contributed by atoms with Gasteiger partial charge in [-0.2, -0.15) is 0 Å². The molecular weight excluding hydrogens is 497 g/mol. The summed E-state index contributed by atoms with van der Waals surface area (Å²) in [4.78, 5) is 7.21. The monoisotopic (exact) mass is 535 g/mol. The molecule has 0 aliphatic carbocycles. The molecule has 0 amide bonds. The SMILES string of the molecule is Cc1nnc(CN=C(NCC2CCCO2)NCC2CN(CC(C)C)CCO2)n1C.I. The maximum Gasteiger partial charge on any atom is 0.191 e. The molecule has 1 aromatic heterocycles. The lowest BCUT2D eigenvalue weighted by Gasteiger charge is -2.34.